The highest BCUT2D eigenvalue weighted by Gasteiger charge is 2.33. The summed E-state index contributed by atoms with van der Waals surface area (Å²) in [4.78, 5) is 35.4. The lowest BCUT2D eigenvalue weighted by Gasteiger charge is -2.37. The van der Waals surface area contributed by atoms with Crippen LogP contribution in [0.1, 0.15) is 36.3 Å². The number of amides is 1. The first kappa shape index (κ1) is 19.1. The number of likely N-dealkylation sites (tertiary alicyclic amines) is 1. The van der Waals surface area contributed by atoms with E-state index in [-0.39, 0.29) is 25.0 Å². The predicted molar refractivity (Wildman–Crippen MR) is 101 cm³/mol. The molecule has 1 saturated heterocycles. The van der Waals surface area contributed by atoms with E-state index in [1.165, 1.54) is 4.90 Å². The Morgan fingerprint density at radius 3 is 2.74 bits per heavy atom. The standard InChI is InChI=1S/C20H26N4O3/c1-15-21-11-17(22-15)13-24(14-19(25)26)20(27)18-9-5-6-10-23(18)12-16-7-3-2-4-8-16/h2-4,7-8,11,18H,5-6,9-10,12-14H2,1H3,(H,21,22)(H,25,26). The van der Waals surface area contributed by atoms with E-state index in [9.17, 15) is 14.7 Å². The van der Waals surface area contributed by atoms with E-state index >= 15 is 0 Å². The van der Waals surface area contributed by atoms with Crippen LogP contribution in [0, 0.1) is 6.92 Å². The number of carbonyl (C=O) groups excluding carboxylic acids is 1. The molecule has 0 spiro atoms. The molecule has 27 heavy (non-hydrogen) atoms. The third-order valence-corrected chi connectivity index (χ3v) is 4.88. The largest absolute Gasteiger partial charge is 0.480 e. The number of hydrogen-bond donors (Lipinski definition) is 2. The summed E-state index contributed by atoms with van der Waals surface area (Å²) in [7, 11) is 0. The topological polar surface area (TPSA) is 89.5 Å². The fraction of sp³-hybridized carbons (Fsp3) is 0.450. The zero-order chi connectivity index (χ0) is 19.2. The number of piperidine rings is 1. The van der Waals surface area contributed by atoms with Crippen molar-refractivity contribution in [2.24, 2.45) is 0 Å². The second-order valence-electron chi connectivity index (χ2n) is 7.05. The van der Waals surface area contributed by atoms with Crippen LogP contribution in [0.5, 0.6) is 0 Å². The smallest absolute Gasteiger partial charge is 0.323 e. The van der Waals surface area contributed by atoms with Crippen LogP contribution < -0.4 is 0 Å². The number of rotatable bonds is 7. The Morgan fingerprint density at radius 2 is 2.07 bits per heavy atom. The van der Waals surface area contributed by atoms with E-state index in [2.05, 4.69) is 27.0 Å². The normalized spacial score (nSPS) is 17.6. The van der Waals surface area contributed by atoms with Gasteiger partial charge in [-0.1, -0.05) is 36.8 Å². The maximum atomic E-state index is 13.2. The number of carboxylic acid groups (broad SMARTS) is 1. The van der Waals surface area contributed by atoms with E-state index < -0.39 is 5.97 Å². The van der Waals surface area contributed by atoms with Gasteiger partial charge in [-0.2, -0.15) is 0 Å². The molecule has 1 fully saturated rings. The molecular weight excluding hydrogens is 344 g/mol. The molecule has 2 heterocycles. The lowest BCUT2D eigenvalue weighted by molar-refractivity contribution is -0.148. The molecule has 3 rings (SSSR count). The third kappa shape index (κ3) is 5.17. The number of aromatic nitrogens is 2. The van der Waals surface area contributed by atoms with Gasteiger partial charge >= 0.3 is 5.97 Å². The molecule has 1 unspecified atom stereocenters. The molecule has 0 aliphatic carbocycles. The van der Waals surface area contributed by atoms with Gasteiger partial charge in [0.25, 0.3) is 0 Å². The van der Waals surface area contributed by atoms with Crippen molar-refractivity contribution in [3.05, 3.63) is 53.6 Å². The van der Waals surface area contributed by atoms with Gasteiger partial charge in [-0.3, -0.25) is 14.5 Å². The second kappa shape index (κ2) is 8.81. The minimum atomic E-state index is -1.01. The van der Waals surface area contributed by atoms with Crippen molar-refractivity contribution in [1.29, 1.82) is 0 Å². The van der Waals surface area contributed by atoms with E-state index in [0.717, 1.165) is 42.9 Å². The minimum absolute atomic E-state index is 0.125. The third-order valence-electron chi connectivity index (χ3n) is 4.88. The summed E-state index contributed by atoms with van der Waals surface area (Å²) in [6, 6.07) is 9.78. The summed E-state index contributed by atoms with van der Waals surface area (Å²) in [5, 5.41) is 9.28. The number of hydrogen-bond acceptors (Lipinski definition) is 4. The summed E-state index contributed by atoms with van der Waals surface area (Å²) in [6.07, 6.45) is 4.44. The van der Waals surface area contributed by atoms with Crippen molar-refractivity contribution in [3.8, 4) is 0 Å². The molecule has 1 aliphatic heterocycles. The summed E-state index contributed by atoms with van der Waals surface area (Å²) < 4.78 is 0. The zero-order valence-electron chi connectivity index (χ0n) is 15.6. The molecule has 2 aromatic rings. The van der Waals surface area contributed by atoms with E-state index in [1.54, 1.807) is 6.20 Å². The van der Waals surface area contributed by atoms with Crippen LogP contribution in [0.25, 0.3) is 0 Å². The molecule has 1 aromatic heterocycles. The Hall–Kier alpha value is -2.67. The van der Waals surface area contributed by atoms with Gasteiger partial charge in [-0.15, -0.1) is 0 Å². The number of imidazole rings is 1. The number of H-pyrrole nitrogens is 1. The molecule has 1 amide bonds. The molecule has 0 radical (unpaired) electrons. The van der Waals surface area contributed by atoms with Crippen molar-refractivity contribution in [2.45, 2.75) is 45.3 Å². The number of nitrogens with zero attached hydrogens (tertiary/aromatic N) is 3. The zero-order valence-corrected chi connectivity index (χ0v) is 15.6. The summed E-state index contributed by atoms with van der Waals surface area (Å²) >= 11 is 0. The average molecular weight is 370 g/mol. The van der Waals surface area contributed by atoms with Gasteiger partial charge in [0.2, 0.25) is 5.91 Å². The number of aromatic amines is 1. The van der Waals surface area contributed by atoms with Crippen LogP contribution in [0.2, 0.25) is 0 Å². The number of carboxylic acids is 1. The molecule has 0 saturated carbocycles. The van der Waals surface area contributed by atoms with Crippen LogP contribution in [0.3, 0.4) is 0 Å². The summed E-state index contributed by atoms with van der Waals surface area (Å²) in [5.41, 5.74) is 1.90. The fourth-order valence-electron chi connectivity index (χ4n) is 3.62. The minimum Gasteiger partial charge on any atom is -0.480 e. The first-order valence-electron chi connectivity index (χ1n) is 9.32. The number of benzene rings is 1. The molecular formula is C20H26N4O3. The quantitative estimate of drug-likeness (QED) is 0.780. The van der Waals surface area contributed by atoms with Crippen molar-refractivity contribution >= 4 is 11.9 Å². The number of nitrogens with one attached hydrogen (secondary N) is 1. The van der Waals surface area contributed by atoms with Crippen molar-refractivity contribution < 1.29 is 14.7 Å². The number of aliphatic carboxylic acids is 1. The lowest BCUT2D eigenvalue weighted by Crippen LogP contribution is -2.51. The Morgan fingerprint density at radius 1 is 1.30 bits per heavy atom. The number of carbonyl (C=O) groups is 2. The molecule has 0 bridgehead atoms. The highest BCUT2D eigenvalue weighted by Crippen LogP contribution is 2.22. The summed E-state index contributed by atoms with van der Waals surface area (Å²) in [6.45, 7) is 3.28. The van der Waals surface area contributed by atoms with Crippen LogP contribution in [0.4, 0.5) is 0 Å². The van der Waals surface area contributed by atoms with Gasteiger partial charge in [-0.05, 0) is 31.9 Å². The predicted octanol–water partition coefficient (Wildman–Crippen LogP) is 2.19. The molecule has 2 N–H and O–H groups in total. The van der Waals surface area contributed by atoms with Crippen molar-refractivity contribution in [3.63, 3.8) is 0 Å². The molecule has 1 aliphatic rings. The van der Waals surface area contributed by atoms with Crippen LogP contribution >= 0.6 is 0 Å². The van der Waals surface area contributed by atoms with Gasteiger partial charge in [0.05, 0.1) is 24.5 Å². The van der Waals surface area contributed by atoms with Crippen LogP contribution in [-0.2, 0) is 22.7 Å². The average Bonchev–Trinajstić information content (AvgIpc) is 3.06. The Balaban J connectivity index is 1.75. The molecule has 144 valence electrons. The summed E-state index contributed by atoms with van der Waals surface area (Å²) in [5.74, 6) is -0.388. The first-order valence-corrected chi connectivity index (χ1v) is 9.32. The SMILES string of the molecule is Cc1ncc(CN(CC(=O)O)C(=O)C2CCCCN2Cc2ccccc2)[nH]1. The lowest BCUT2D eigenvalue weighted by atomic mass is 9.99. The highest BCUT2D eigenvalue weighted by molar-refractivity contribution is 5.85. The van der Waals surface area contributed by atoms with Gasteiger partial charge in [0.1, 0.15) is 12.4 Å². The van der Waals surface area contributed by atoms with Crippen LogP contribution in [0.15, 0.2) is 36.5 Å². The Labute approximate surface area is 159 Å². The van der Waals surface area contributed by atoms with E-state index in [0.29, 0.717) is 6.54 Å². The van der Waals surface area contributed by atoms with Crippen molar-refractivity contribution in [2.75, 3.05) is 13.1 Å². The van der Waals surface area contributed by atoms with Gasteiger partial charge in [0, 0.05) is 6.54 Å². The maximum Gasteiger partial charge on any atom is 0.323 e. The first-order chi connectivity index (χ1) is 13.0. The fourth-order valence-corrected chi connectivity index (χ4v) is 3.62. The second-order valence-corrected chi connectivity index (χ2v) is 7.05. The molecule has 1 atom stereocenters. The maximum absolute atomic E-state index is 13.2. The molecule has 7 nitrogen and oxygen atoms in total. The van der Waals surface area contributed by atoms with E-state index in [4.69, 9.17) is 0 Å². The molecule has 1 aromatic carbocycles. The van der Waals surface area contributed by atoms with Gasteiger partial charge in [0.15, 0.2) is 0 Å². The van der Waals surface area contributed by atoms with Gasteiger partial charge < -0.3 is 15.0 Å². The van der Waals surface area contributed by atoms with Crippen molar-refractivity contribution in [1.82, 2.24) is 19.8 Å². The van der Waals surface area contributed by atoms with Gasteiger partial charge in [-0.25, -0.2) is 4.98 Å². The van der Waals surface area contributed by atoms with Crippen LogP contribution in [-0.4, -0.2) is 55.9 Å². The molecule has 7 heteroatoms. The van der Waals surface area contributed by atoms with E-state index in [1.807, 2.05) is 25.1 Å². The Bertz CT molecular complexity index is 775. The highest BCUT2D eigenvalue weighted by atomic mass is 16.4. The number of aryl methyl sites for hydroxylation is 1. The Kier molecular flexibility index (Phi) is 6.24. The monoisotopic (exact) mass is 370 g/mol.